The molecule has 3 aromatic rings. The van der Waals surface area contributed by atoms with E-state index in [1.165, 1.54) is 9.57 Å². The number of thiophene rings is 1. The lowest BCUT2D eigenvalue weighted by atomic mass is 10.2. The first kappa shape index (κ1) is 23.6. The van der Waals surface area contributed by atoms with Crippen molar-refractivity contribution >= 4 is 33.3 Å². The Morgan fingerprint density at radius 2 is 2.06 bits per heavy atom. The molecule has 2 aliphatic heterocycles. The molecule has 1 fully saturated rings. The zero-order chi connectivity index (χ0) is 24.7. The van der Waals surface area contributed by atoms with Gasteiger partial charge in [0, 0.05) is 30.9 Å². The van der Waals surface area contributed by atoms with Crippen LogP contribution >= 0.6 is 11.3 Å². The fraction of sp³-hybridized carbons (Fsp3) is 0.545. The van der Waals surface area contributed by atoms with Crippen molar-refractivity contribution < 1.29 is 17.9 Å². The van der Waals surface area contributed by atoms with Crippen LogP contribution in [-0.2, 0) is 25.7 Å². The molecule has 5 heterocycles. The summed E-state index contributed by atoms with van der Waals surface area (Å²) in [6, 6.07) is 2.04. The van der Waals surface area contributed by atoms with E-state index in [1.807, 2.05) is 9.80 Å². The van der Waals surface area contributed by atoms with E-state index in [2.05, 4.69) is 29.8 Å². The van der Waals surface area contributed by atoms with Crippen LogP contribution in [0.5, 0.6) is 0 Å². The first-order valence-corrected chi connectivity index (χ1v) is 12.5. The van der Waals surface area contributed by atoms with E-state index in [0.29, 0.717) is 37.9 Å². The molecule has 1 saturated heterocycles. The number of anilines is 2. The quantitative estimate of drug-likeness (QED) is 0.273. The average Bonchev–Trinajstić information content (AvgIpc) is 3.55. The Hall–Kier alpha value is -3.09. The van der Waals surface area contributed by atoms with Crippen molar-refractivity contribution in [2.75, 3.05) is 36.0 Å². The van der Waals surface area contributed by atoms with Crippen LogP contribution < -0.4 is 9.80 Å². The van der Waals surface area contributed by atoms with Gasteiger partial charge in [-0.1, -0.05) is 19.9 Å². The van der Waals surface area contributed by atoms with E-state index in [0.717, 1.165) is 34.0 Å². The standard InChI is InChI=1S/C22H26F3N9S/c1-3-5-15-11-16-18(31-9-10-33-17(13-31)29-30-20(33)22(23,24)25)27-21(28-19(16)35-15)32-8-6-14(12-32)34(26)7-4-2/h4,11,14H,2-3,5-10,12-13H2,1H3. The highest BCUT2D eigenvalue weighted by atomic mass is 32.1. The largest absolute Gasteiger partial charge is 0.506 e. The fourth-order valence-electron chi connectivity index (χ4n) is 4.69. The maximum atomic E-state index is 13.3. The van der Waals surface area contributed by atoms with Crippen LogP contribution in [0, 0.1) is 0 Å². The zero-order valence-corrected chi connectivity index (χ0v) is 20.2. The molecule has 2 aliphatic rings. The molecule has 0 saturated carbocycles. The van der Waals surface area contributed by atoms with Gasteiger partial charge in [0.15, 0.2) is 11.9 Å². The lowest BCUT2D eigenvalue weighted by molar-refractivity contribution is -0.572. The number of alkyl halides is 3. The highest BCUT2D eigenvalue weighted by molar-refractivity contribution is 7.18. The number of halogens is 3. The monoisotopic (exact) mass is 505 g/mol. The molecular formula is C22H26F3N9S. The van der Waals surface area contributed by atoms with Gasteiger partial charge in [0.1, 0.15) is 17.2 Å². The summed E-state index contributed by atoms with van der Waals surface area (Å²) in [4.78, 5) is 15.8. The second-order valence-corrected chi connectivity index (χ2v) is 9.95. The molecule has 9 nitrogen and oxygen atoms in total. The minimum absolute atomic E-state index is 0.0518. The molecule has 0 spiro atoms. The third-order valence-electron chi connectivity index (χ3n) is 6.40. The van der Waals surface area contributed by atoms with Crippen molar-refractivity contribution in [3.63, 3.8) is 0 Å². The summed E-state index contributed by atoms with van der Waals surface area (Å²) in [5.74, 6) is 0.567. The number of hydrogen-bond acceptors (Lipinski definition) is 7. The molecule has 0 aliphatic carbocycles. The summed E-state index contributed by atoms with van der Waals surface area (Å²) in [5, 5.41) is 8.11. The Morgan fingerprint density at radius 1 is 1.23 bits per heavy atom. The van der Waals surface area contributed by atoms with Gasteiger partial charge < -0.3 is 24.6 Å². The van der Waals surface area contributed by atoms with Gasteiger partial charge in [-0.25, -0.2) is 4.98 Å². The number of rotatable bonds is 7. The average molecular weight is 506 g/mol. The van der Waals surface area contributed by atoms with Crippen molar-refractivity contribution in [3.05, 3.63) is 40.8 Å². The van der Waals surface area contributed by atoms with Crippen LogP contribution in [0.15, 0.2) is 18.7 Å². The maximum absolute atomic E-state index is 13.3. The molecule has 0 aromatic carbocycles. The third kappa shape index (κ3) is 4.48. The Balaban J connectivity index is 1.49. The SMILES string of the molecule is C=CC[N+](=[N-])C1CCN(c2nc(N3CCn4c(nnc4C(F)(F)F)C3)c3cc(CCC)sc3n2)C1. The molecule has 186 valence electrons. The summed E-state index contributed by atoms with van der Waals surface area (Å²) in [6.45, 7) is 8.10. The van der Waals surface area contributed by atoms with Gasteiger partial charge in [0.25, 0.3) is 0 Å². The van der Waals surface area contributed by atoms with Crippen LogP contribution in [0.2, 0.25) is 0 Å². The summed E-state index contributed by atoms with van der Waals surface area (Å²) in [5.41, 5.74) is 10.3. The molecule has 0 bridgehead atoms. The topological polar surface area (TPSA) is 88.3 Å². The molecule has 3 aromatic heterocycles. The van der Waals surface area contributed by atoms with E-state index in [1.54, 1.807) is 17.4 Å². The predicted molar refractivity (Wildman–Crippen MR) is 127 cm³/mol. The number of hydrogen-bond donors (Lipinski definition) is 0. The second-order valence-electron chi connectivity index (χ2n) is 8.84. The van der Waals surface area contributed by atoms with Crippen LogP contribution in [-0.4, -0.2) is 61.7 Å². The van der Waals surface area contributed by atoms with Gasteiger partial charge in [0.05, 0.1) is 18.5 Å². The lowest BCUT2D eigenvalue weighted by Crippen LogP contribution is -2.36. The van der Waals surface area contributed by atoms with Crippen molar-refractivity contribution in [1.82, 2.24) is 24.7 Å². The smallest absolute Gasteiger partial charge is 0.451 e. The third-order valence-corrected chi connectivity index (χ3v) is 7.49. The molecule has 0 radical (unpaired) electrons. The van der Waals surface area contributed by atoms with Gasteiger partial charge in [-0.15, -0.1) is 21.5 Å². The van der Waals surface area contributed by atoms with E-state index in [9.17, 15) is 18.7 Å². The maximum Gasteiger partial charge on any atom is 0.451 e. The first-order chi connectivity index (χ1) is 16.8. The summed E-state index contributed by atoms with van der Waals surface area (Å²) in [7, 11) is 0. The van der Waals surface area contributed by atoms with Crippen LogP contribution in [0.1, 0.15) is 36.3 Å². The molecule has 5 rings (SSSR count). The summed E-state index contributed by atoms with van der Waals surface area (Å²) >= 11 is 1.62. The number of aromatic nitrogens is 5. The van der Waals surface area contributed by atoms with Crippen molar-refractivity contribution in [2.24, 2.45) is 0 Å². The lowest BCUT2D eigenvalue weighted by Gasteiger charge is -2.30. The Kier molecular flexibility index (Phi) is 6.20. The van der Waals surface area contributed by atoms with Gasteiger partial charge in [-0.2, -0.15) is 18.2 Å². The number of fused-ring (bicyclic) bond motifs is 2. The van der Waals surface area contributed by atoms with E-state index < -0.39 is 12.0 Å². The molecule has 0 amide bonds. The van der Waals surface area contributed by atoms with Gasteiger partial charge in [0.2, 0.25) is 11.8 Å². The Morgan fingerprint density at radius 3 is 2.80 bits per heavy atom. The van der Waals surface area contributed by atoms with Gasteiger partial charge in [-0.05, 0) is 18.6 Å². The zero-order valence-electron chi connectivity index (χ0n) is 19.4. The summed E-state index contributed by atoms with van der Waals surface area (Å²) < 4.78 is 42.3. The van der Waals surface area contributed by atoms with Crippen molar-refractivity contribution in [2.45, 2.75) is 51.5 Å². The van der Waals surface area contributed by atoms with E-state index in [4.69, 9.17) is 9.97 Å². The molecule has 13 heteroatoms. The molecular weight excluding hydrogens is 479 g/mol. The Labute approximate surface area is 204 Å². The summed E-state index contributed by atoms with van der Waals surface area (Å²) in [6.07, 6.45) is -0.197. The molecule has 1 unspecified atom stereocenters. The minimum atomic E-state index is -4.54. The van der Waals surface area contributed by atoms with Gasteiger partial charge in [-0.3, -0.25) is 0 Å². The highest BCUT2D eigenvalue weighted by Crippen LogP contribution is 2.36. The van der Waals surface area contributed by atoms with Crippen molar-refractivity contribution in [3.8, 4) is 0 Å². The van der Waals surface area contributed by atoms with Crippen LogP contribution in [0.4, 0.5) is 24.9 Å². The predicted octanol–water partition coefficient (Wildman–Crippen LogP) is 4.07. The molecule has 35 heavy (non-hydrogen) atoms. The second kappa shape index (κ2) is 9.17. The molecule has 0 N–H and O–H groups in total. The van der Waals surface area contributed by atoms with Gasteiger partial charge >= 0.3 is 6.18 Å². The minimum Gasteiger partial charge on any atom is -0.506 e. The normalized spacial score (nSPS) is 18.3. The van der Waals surface area contributed by atoms with E-state index >= 15 is 0 Å². The fourth-order valence-corrected chi connectivity index (χ4v) is 5.81. The first-order valence-electron chi connectivity index (χ1n) is 11.6. The van der Waals surface area contributed by atoms with Crippen LogP contribution in [0.3, 0.4) is 0 Å². The highest BCUT2D eigenvalue weighted by Gasteiger charge is 2.40. The Bertz CT molecular complexity index is 1270. The molecule has 1 atom stereocenters. The number of nitrogens with zero attached hydrogens (tertiary/aromatic N) is 9. The van der Waals surface area contributed by atoms with E-state index in [-0.39, 0.29) is 25.0 Å². The number of aryl methyl sites for hydroxylation is 1. The van der Waals surface area contributed by atoms with Crippen LogP contribution in [0.25, 0.3) is 15.7 Å². The van der Waals surface area contributed by atoms with Crippen molar-refractivity contribution in [1.29, 1.82) is 0 Å².